The van der Waals surface area contributed by atoms with Crippen LogP contribution in [0.2, 0.25) is 10.0 Å². The van der Waals surface area contributed by atoms with Gasteiger partial charge in [-0.1, -0.05) is 47.5 Å². The van der Waals surface area contributed by atoms with E-state index in [0.29, 0.717) is 15.7 Å². The number of rotatable bonds is 3. The molecule has 0 fully saturated rings. The Hall–Kier alpha value is -2.83. The molecule has 0 bridgehead atoms. The lowest BCUT2D eigenvalue weighted by atomic mass is 10.2. The fourth-order valence-corrected chi connectivity index (χ4v) is 2.55. The van der Waals surface area contributed by atoms with E-state index in [9.17, 15) is 9.59 Å². The van der Waals surface area contributed by atoms with Crippen molar-refractivity contribution in [3.8, 4) is 5.69 Å². The first-order chi connectivity index (χ1) is 12.1. The number of para-hydroxylation sites is 1. The monoisotopic (exact) mass is 374 g/mol. The predicted octanol–water partition coefficient (Wildman–Crippen LogP) is 3.25. The summed E-state index contributed by atoms with van der Waals surface area (Å²) in [5, 5.41) is 4.90. The van der Waals surface area contributed by atoms with Crippen molar-refractivity contribution in [2.24, 2.45) is 0 Å². The fraction of sp³-hybridized carbons (Fsp3) is 0. The number of halogens is 2. The van der Waals surface area contributed by atoms with E-state index in [4.69, 9.17) is 23.2 Å². The maximum absolute atomic E-state index is 12.1. The van der Waals surface area contributed by atoms with Gasteiger partial charge < -0.3 is 0 Å². The molecule has 2 amide bonds. The molecule has 8 heteroatoms. The lowest BCUT2D eigenvalue weighted by Crippen LogP contribution is -2.41. The molecule has 3 rings (SSSR count). The van der Waals surface area contributed by atoms with E-state index in [1.165, 1.54) is 17.1 Å². The van der Waals surface area contributed by atoms with Crippen LogP contribution in [0, 0.1) is 0 Å². The molecule has 25 heavy (non-hydrogen) atoms. The summed E-state index contributed by atoms with van der Waals surface area (Å²) in [5.74, 6) is -1.03. The van der Waals surface area contributed by atoms with Gasteiger partial charge in [0.25, 0.3) is 11.8 Å². The predicted molar refractivity (Wildman–Crippen MR) is 95.0 cm³/mol. The van der Waals surface area contributed by atoms with Gasteiger partial charge in [0.1, 0.15) is 0 Å². The van der Waals surface area contributed by atoms with Gasteiger partial charge in [-0.15, -0.1) is 0 Å². The molecule has 0 aliphatic heterocycles. The zero-order valence-corrected chi connectivity index (χ0v) is 14.3. The van der Waals surface area contributed by atoms with Gasteiger partial charge in [0.05, 0.1) is 33.1 Å². The third kappa shape index (κ3) is 3.81. The Kier molecular flexibility index (Phi) is 5.02. The molecule has 0 aliphatic carbocycles. The van der Waals surface area contributed by atoms with Crippen LogP contribution in [0.15, 0.2) is 60.9 Å². The van der Waals surface area contributed by atoms with Gasteiger partial charge in [-0.25, -0.2) is 4.68 Å². The molecule has 126 valence electrons. The molecule has 3 aromatic rings. The lowest BCUT2D eigenvalue weighted by Gasteiger charge is -2.07. The van der Waals surface area contributed by atoms with Gasteiger partial charge in [-0.3, -0.25) is 20.4 Å². The minimum atomic E-state index is -0.516. The highest BCUT2D eigenvalue weighted by Gasteiger charge is 2.13. The normalized spacial score (nSPS) is 10.3. The van der Waals surface area contributed by atoms with Gasteiger partial charge in [0, 0.05) is 6.20 Å². The molecule has 0 unspecified atom stereocenters. The number of hydrogen-bond donors (Lipinski definition) is 2. The fourth-order valence-electron chi connectivity index (χ4n) is 2.11. The molecule has 0 spiro atoms. The highest BCUT2D eigenvalue weighted by molar-refractivity contribution is 6.33. The molecule has 0 atom stereocenters. The molecule has 2 N–H and O–H groups in total. The second-order valence-electron chi connectivity index (χ2n) is 5.01. The summed E-state index contributed by atoms with van der Waals surface area (Å²) in [6.07, 6.45) is 2.89. The third-order valence-electron chi connectivity index (χ3n) is 3.35. The van der Waals surface area contributed by atoms with Crippen molar-refractivity contribution in [2.45, 2.75) is 0 Å². The van der Waals surface area contributed by atoms with Crippen molar-refractivity contribution in [1.29, 1.82) is 0 Å². The van der Waals surface area contributed by atoms with Crippen LogP contribution in [0.4, 0.5) is 0 Å². The van der Waals surface area contributed by atoms with E-state index >= 15 is 0 Å². The Morgan fingerprint density at radius 2 is 1.52 bits per heavy atom. The average molecular weight is 375 g/mol. The van der Waals surface area contributed by atoms with E-state index in [1.807, 2.05) is 6.07 Å². The van der Waals surface area contributed by atoms with Gasteiger partial charge in [0.15, 0.2) is 0 Å². The van der Waals surface area contributed by atoms with Crippen molar-refractivity contribution in [3.05, 3.63) is 82.1 Å². The average Bonchev–Trinajstić information content (AvgIpc) is 3.10. The van der Waals surface area contributed by atoms with Crippen LogP contribution >= 0.6 is 23.2 Å². The summed E-state index contributed by atoms with van der Waals surface area (Å²) in [7, 11) is 0. The van der Waals surface area contributed by atoms with E-state index in [1.54, 1.807) is 42.5 Å². The minimum absolute atomic E-state index is 0.260. The number of nitrogens with one attached hydrogen (secondary N) is 2. The molecular formula is C17H12Cl2N4O2. The van der Waals surface area contributed by atoms with Crippen molar-refractivity contribution in [3.63, 3.8) is 0 Å². The van der Waals surface area contributed by atoms with Crippen LogP contribution in [0.3, 0.4) is 0 Å². The number of carbonyl (C=O) groups excluding carboxylic acids is 2. The molecule has 6 nitrogen and oxygen atoms in total. The summed E-state index contributed by atoms with van der Waals surface area (Å²) < 4.78 is 1.48. The van der Waals surface area contributed by atoms with Crippen molar-refractivity contribution in [1.82, 2.24) is 20.6 Å². The molecular weight excluding hydrogens is 363 g/mol. The molecule has 2 aromatic carbocycles. The van der Waals surface area contributed by atoms with E-state index in [0.717, 1.165) is 0 Å². The van der Waals surface area contributed by atoms with Gasteiger partial charge in [-0.05, 0) is 24.3 Å². The number of nitrogens with zero attached hydrogens (tertiary/aromatic N) is 2. The van der Waals surface area contributed by atoms with E-state index < -0.39 is 11.8 Å². The van der Waals surface area contributed by atoms with Gasteiger partial charge >= 0.3 is 0 Å². The lowest BCUT2D eigenvalue weighted by molar-refractivity contribution is 0.0846. The second kappa shape index (κ2) is 7.38. The van der Waals surface area contributed by atoms with Crippen molar-refractivity contribution < 1.29 is 9.59 Å². The first-order valence-corrected chi connectivity index (χ1v) is 7.96. The van der Waals surface area contributed by atoms with Gasteiger partial charge in [-0.2, -0.15) is 5.10 Å². The summed E-state index contributed by atoms with van der Waals surface area (Å²) in [4.78, 5) is 24.2. The van der Waals surface area contributed by atoms with Crippen LogP contribution in [-0.4, -0.2) is 21.6 Å². The quantitative estimate of drug-likeness (QED) is 0.690. The molecule has 0 saturated carbocycles. The summed E-state index contributed by atoms with van der Waals surface area (Å²) in [5.41, 5.74) is 5.80. The largest absolute Gasteiger partial charge is 0.272 e. The summed E-state index contributed by atoms with van der Waals surface area (Å²) in [6, 6.07) is 13.6. The zero-order chi connectivity index (χ0) is 17.8. The second-order valence-corrected chi connectivity index (χ2v) is 5.83. The standard InChI is InChI=1S/C17H12Cl2N4O2/c18-13-6-2-1-5-12(13)17(25)22-21-16(24)11-9-20-23(10-11)15-8-4-3-7-14(15)19/h1-10H,(H,21,24)(H,22,25). The molecule has 0 aliphatic rings. The number of carbonyl (C=O) groups is 2. The Morgan fingerprint density at radius 1 is 0.880 bits per heavy atom. The molecule has 0 saturated heterocycles. The smallest absolute Gasteiger partial charge is 0.267 e. The van der Waals surface area contributed by atoms with Gasteiger partial charge in [0.2, 0.25) is 0 Å². The van der Waals surface area contributed by atoms with Crippen LogP contribution in [-0.2, 0) is 0 Å². The number of benzene rings is 2. The minimum Gasteiger partial charge on any atom is -0.267 e. The Morgan fingerprint density at radius 3 is 2.24 bits per heavy atom. The number of hydrazine groups is 1. The first kappa shape index (κ1) is 17.0. The number of hydrogen-bond acceptors (Lipinski definition) is 3. The Bertz CT molecular complexity index is 940. The summed E-state index contributed by atoms with van der Waals surface area (Å²) in [6.45, 7) is 0. The molecule has 1 heterocycles. The first-order valence-electron chi connectivity index (χ1n) is 7.21. The maximum atomic E-state index is 12.1. The van der Waals surface area contributed by atoms with Crippen LogP contribution in [0.1, 0.15) is 20.7 Å². The van der Waals surface area contributed by atoms with Crippen LogP contribution in [0.25, 0.3) is 5.69 Å². The number of amides is 2. The highest BCUT2D eigenvalue weighted by Crippen LogP contribution is 2.19. The number of aromatic nitrogens is 2. The van der Waals surface area contributed by atoms with E-state index in [2.05, 4.69) is 16.0 Å². The van der Waals surface area contributed by atoms with E-state index in [-0.39, 0.29) is 11.1 Å². The Labute approximate surface area is 153 Å². The molecule has 1 aromatic heterocycles. The summed E-state index contributed by atoms with van der Waals surface area (Å²) >= 11 is 12.0. The van der Waals surface area contributed by atoms with Crippen LogP contribution in [0.5, 0.6) is 0 Å². The Balaban J connectivity index is 1.68. The van der Waals surface area contributed by atoms with Crippen molar-refractivity contribution in [2.75, 3.05) is 0 Å². The highest BCUT2D eigenvalue weighted by atomic mass is 35.5. The topological polar surface area (TPSA) is 76.0 Å². The zero-order valence-electron chi connectivity index (χ0n) is 12.7. The van der Waals surface area contributed by atoms with Crippen molar-refractivity contribution >= 4 is 35.0 Å². The third-order valence-corrected chi connectivity index (χ3v) is 4.00. The SMILES string of the molecule is O=C(NNC(=O)c1ccccc1Cl)c1cnn(-c2ccccc2Cl)c1. The maximum Gasteiger partial charge on any atom is 0.272 e. The van der Waals surface area contributed by atoms with Crippen LogP contribution < -0.4 is 10.9 Å². The molecule has 0 radical (unpaired) electrons.